The Morgan fingerprint density at radius 1 is 1.39 bits per heavy atom. The first kappa shape index (κ1) is 14.0. The third-order valence-corrected chi connectivity index (χ3v) is 4.50. The number of rotatable bonds is 3. The number of nitrogens with zero attached hydrogens (tertiary/aromatic N) is 2. The molecule has 1 aliphatic heterocycles. The van der Waals surface area contributed by atoms with Crippen LogP contribution in [-0.4, -0.2) is 34.6 Å². The van der Waals surface area contributed by atoms with E-state index >= 15 is 0 Å². The largest absolute Gasteiger partial charge is 0.308 e. The molecular formula is C14H25N3S. The summed E-state index contributed by atoms with van der Waals surface area (Å²) in [5, 5.41) is 6.96. The van der Waals surface area contributed by atoms with Gasteiger partial charge in [0.25, 0.3) is 0 Å². The predicted octanol–water partition coefficient (Wildman–Crippen LogP) is 2.80. The molecule has 0 bridgehead atoms. The van der Waals surface area contributed by atoms with Gasteiger partial charge < -0.3 is 5.32 Å². The summed E-state index contributed by atoms with van der Waals surface area (Å²) in [6.07, 6.45) is 2.50. The number of hydrogen-bond donors (Lipinski definition) is 1. The summed E-state index contributed by atoms with van der Waals surface area (Å²) in [5.41, 5.74) is 1.51. The van der Waals surface area contributed by atoms with E-state index in [1.165, 1.54) is 31.6 Å². The Labute approximate surface area is 115 Å². The molecule has 1 fully saturated rings. The summed E-state index contributed by atoms with van der Waals surface area (Å²) in [5.74, 6) is 0. The Bertz CT molecular complexity index is 373. The van der Waals surface area contributed by atoms with E-state index in [9.17, 15) is 0 Å². The molecular weight excluding hydrogens is 242 g/mol. The highest BCUT2D eigenvalue weighted by molar-refractivity contribution is 7.09. The summed E-state index contributed by atoms with van der Waals surface area (Å²) in [7, 11) is 0. The van der Waals surface area contributed by atoms with Gasteiger partial charge in [-0.25, -0.2) is 4.98 Å². The standard InChI is InChI=1S/C14H25N3S/c1-11-16-13(10-18-11)9-15-12-5-7-17(8-6-12)14(2,3)4/h10,12,15H,5-9H2,1-4H3. The average Bonchev–Trinajstić information content (AvgIpc) is 2.72. The molecule has 18 heavy (non-hydrogen) atoms. The monoisotopic (exact) mass is 267 g/mol. The van der Waals surface area contributed by atoms with Crippen LogP contribution in [0.15, 0.2) is 5.38 Å². The molecule has 102 valence electrons. The Morgan fingerprint density at radius 2 is 2.06 bits per heavy atom. The number of aryl methyl sites for hydroxylation is 1. The first-order valence-electron chi connectivity index (χ1n) is 6.84. The van der Waals surface area contributed by atoms with Crippen LogP contribution in [0.4, 0.5) is 0 Å². The third kappa shape index (κ3) is 3.77. The number of thiazole rings is 1. The lowest BCUT2D eigenvalue weighted by Crippen LogP contribution is -2.49. The number of piperidine rings is 1. The van der Waals surface area contributed by atoms with Crippen LogP contribution in [0.1, 0.15) is 44.3 Å². The average molecular weight is 267 g/mol. The van der Waals surface area contributed by atoms with E-state index in [2.05, 4.69) is 48.3 Å². The normalized spacial score (nSPS) is 19.3. The highest BCUT2D eigenvalue weighted by Crippen LogP contribution is 2.20. The highest BCUT2D eigenvalue weighted by atomic mass is 32.1. The molecule has 0 amide bonds. The van der Waals surface area contributed by atoms with Crippen LogP contribution in [0.25, 0.3) is 0 Å². The molecule has 4 heteroatoms. The van der Waals surface area contributed by atoms with E-state index in [1.54, 1.807) is 11.3 Å². The number of aromatic nitrogens is 1. The van der Waals surface area contributed by atoms with Crippen molar-refractivity contribution in [1.29, 1.82) is 0 Å². The first-order chi connectivity index (χ1) is 8.45. The molecule has 3 nitrogen and oxygen atoms in total. The van der Waals surface area contributed by atoms with Gasteiger partial charge in [0, 0.05) is 36.6 Å². The van der Waals surface area contributed by atoms with Crippen LogP contribution in [0.2, 0.25) is 0 Å². The summed E-state index contributed by atoms with van der Waals surface area (Å²) in [6.45, 7) is 12.3. The molecule has 1 aromatic rings. The van der Waals surface area contributed by atoms with Gasteiger partial charge in [-0.3, -0.25) is 4.90 Å². The lowest BCUT2D eigenvalue weighted by Gasteiger charge is -2.41. The van der Waals surface area contributed by atoms with Crippen molar-refractivity contribution in [3.05, 3.63) is 16.1 Å². The molecule has 2 rings (SSSR count). The fraction of sp³-hybridized carbons (Fsp3) is 0.786. The molecule has 2 heterocycles. The van der Waals surface area contributed by atoms with Gasteiger partial charge >= 0.3 is 0 Å². The van der Waals surface area contributed by atoms with Crippen molar-refractivity contribution in [2.24, 2.45) is 0 Å². The lowest BCUT2D eigenvalue weighted by molar-refractivity contribution is 0.0959. The molecule has 0 radical (unpaired) electrons. The van der Waals surface area contributed by atoms with E-state index in [1.807, 2.05) is 0 Å². The fourth-order valence-electron chi connectivity index (χ4n) is 2.49. The zero-order valence-corrected chi connectivity index (χ0v) is 12.8. The van der Waals surface area contributed by atoms with Crippen LogP contribution in [-0.2, 0) is 6.54 Å². The van der Waals surface area contributed by atoms with Gasteiger partial charge in [-0.15, -0.1) is 11.3 Å². The van der Waals surface area contributed by atoms with Crippen molar-refractivity contribution < 1.29 is 0 Å². The van der Waals surface area contributed by atoms with Gasteiger partial charge in [0.15, 0.2) is 0 Å². The van der Waals surface area contributed by atoms with Crippen LogP contribution >= 0.6 is 11.3 Å². The first-order valence-corrected chi connectivity index (χ1v) is 7.72. The molecule has 0 atom stereocenters. The highest BCUT2D eigenvalue weighted by Gasteiger charge is 2.26. The molecule has 1 saturated heterocycles. The summed E-state index contributed by atoms with van der Waals surface area (Å²) in [6, 6.07) is 0.658. The van der Waals surface area contributed by atoms with Crippen LogP contribution < -0.4 is 5.32 Å². The number of nitrogens with one attached hydrogen (secondary N) is 1. The van der Waals surface area contributed by atoms with Crippen molar-refractivity contribution in [2.45, 2.75) is 58.7 Å². The van der Waals surface area contributed by atoms with E-state index < -0.39 is 0 Å². The molecule has 1 aromatic heterocycles. The van der Waals surface area contributed by atoms with Gasteiger partial charge in [-0.05, 0) is 40.5 Å². The molecule has 1 N–H and O–H groups in total. The molecule has 0 aliphatic carbocycles. The quantitative estimate of drug-likeness (QED) is 0.913. The van der Waals surface area contributed by atoms with Gasteiger partial charge in [0.2, 0.25) is 0 Å². The van der Waals surface area contributed by atoms with E-state index in [0.29, 0.717) is 11.6 Å². The smallest absolute Gasteiger partial charge is 0.0897 e. The van der Waals surface area contributed by atoms with Crippen molar-refractivity contribution in [2.75, 3.05) is 13.1 Å². The molecule has 0 unspecified atom stereocenters. The Hall–Kier alpha value is -0.450. The third-order valence-electron chi connectivity index (χ3n) is 3.68. The second-order valence-corrected chi connectivity index (χ2v) is 7.23. The minimum Gasteiger partial charge on any atom is -0.308 e. The number of hydrogen-bond acceptors (Lipinski definition) is 4. The second kappa shape index (κ2) is 5.68. The van der Waals surface area contributed by atoms with Crippen molar-refractivity contribution in [3.63, 3.8) is 0 Å². The Morgan fingerprint density at radius 3 is 2.56 bits per heavy atom. The minimum absolute atomic E-state index is 0.316. The van der Waals surface area contributed by atoms with E-state index in [4.69, 9.17) is 0 Å². The summed E-state index contributed by atoms with van der Waals surface area (Å²) in [4.78, 5) is 7.08. The zero-order valence-electron chi connectivity index (χ0n) is 12.0. The SMILES string of the molecule is Cc1nc(CNC2CCN(C(C)(C)C)CC2)cs1. The van der Waals surface area contributed by atoms with Gasteiger partial charge in [-0.1, -0.05) is 0 Å². The zero-order chi connectivity index (χ0) is 13.2. The topological polar surface area (TPSA) is 28.2 Å². The van der Waals surface area contributed by atoms with Crippen molar-refractivity contribution >= 4 is 11.3 Å². The van der Waals surface area contributed by atoms with Gasteiger partial charge in [0.05, 0.1) is 10.7 Å². The minimum atomic E-state index is 0.316. The maximum absolute atomic E-state index is 4.49. The lowest BCUT2D eigenvalue weighted by atomic mass is 9.98. The maximum atomic E-state index is 4.49. The van der Waals surface area contributed by atoms with Gasteiger partial charge in [0.1, 0.15) is 0 Å². The molecule has 0 spiro atoms. The number of likely N-dealkylation sites (tertiary alicyclic amines) is 1. The van der Waals surface area contributed by atoms with Crippen molar-refractivity contribution in [1.82, 2.24) is 15.2 Å². The van der Waals surface area contributed by atoms with Crippen LogP contribution in [0.3, 0.4) is 0 Å². The van der Waals surface area contributed by atoms with Crippen LogP contribution in [0, 0.1) is 6.92 Å². The summed E-state index contributed by atoms with van der Waals surface area (Å²) < 4.78 is 0. The van der Waals surface area contributed by atoms with Gasteiger partial charge in [-0.2, -0.15) is 0 Å². The van der Waals surface area contributed by atoms with Crippen molar-refractivity contribution in [3.8, 4) is 0 Å². The second-order valence-electron chi connectivity index (χ2n) is 6.17. The predicted molar refractivity (Wildman–Crippen MR) is 78.0 cm³/mol. The fourth-order valence-corrected chi connectivity index (χ4v) is 3.11. The Balaban J connectivity index is 1.74. The molecule has 1 aliphatic rings. The maximum Gasteiger partial charge on any atom is 0.0897 e. The molecule has 0 aromatic carbocycles. The van der Waals surface area contributed by atoms with Crippen LogP contribution in [0.5, 0.6) is 0 Å². The molecule has 0 saturated carbocycles. The van der Waals surface area contributed by atoms with E-state index in [0.717, 1.165) is 11.6 Å². The Kier molecular flexibility index (Phi) is 4.41. The summed E-state index contributed by atoms with van der Waals surface area (Å²) >= 11 is 1.74. The van der Waals surface area contributed by atoms with E-state index in [-0.39, 0.29) is 0 Å².